The van der Waals surface area contributed by atoms with Gasteiger partial charge in [0.15, 0.2) is 18.1 Å². The van der Waals surface area contributed by atoms with Crippen LogP contribution in [0, 0.1) is 0 Å². The summed E-state index contributed by atoms with van der Waals surface area (Å²) in [5.74, 6) is 1.75. The summed E-state index contributed by atoms with van der Waals surface area (Å²) in [5, 5.41) is 4.15. The molecule has 1 aromatic heterocycles. The van der Waals surface area contributed by atoms with Crippen molar-refractivity contribution in [1.29, 1.82) is 0 Å². The van der Waals surface area contributed by atoms with E-state index in [1.54, 1.807) is 36.5 Å². The van der Waals surface area contributed by atoms with Crippen molar-refractivity contribution in [3.05, 3.63) is 53.2 Å². The Hall–Kier alpha value is -3.19. The van der Waals surface area contributed by atoms with Crippen molar-refractivity contribution >= 4 is 28.4 Å². The second-order valence-electron chi connectivity index (χ2n) is 6.04. The molecule has 0 aliphatic carbocycles. The number of carbonyl (C=O) groups excluding carboxylic acids is 1. The van der Waals surface area contributed by atoms with E-state index in [2.05, 4.69) is 10.3 Å². The number of amides is 1. The first-order valence-electron chi connectivity index (χ1n) is 8.79. The van der Waals surface area contributed by atoms with Gasteiger partial charge in [-0.15, -0.1) is 0 Å². The third-order valence-corrected chi connectivity index (χ3v) is 4.58. The Morgan fingerprint density at radius 2 is 1.76 bits per heavy atom. The fourth-order valence-corrected chi connectivity index (χ4v) is 3.08. The Labute approximate surface area is 173 Å². The highest BCUT2D eigenvalue weighted by Gasteiger charge is 2.14. The van der Waals surface area contributed by atoms with Crippen LogP contribution < -0.4 is 24.3 Å². The van der Waals surface area contributed by atoms with Crippen LogP contribution in [0.15, 0.2) is 42.6 Å². The molecule has 0 bridgehead atoms. The molecule has 0 aliphatic rings. The lowest BCUT2D eigenvalue weighted by Gasteiger charge is -2.14. The van der Waals surface area contributed by atoms with Crippen LogP contribution in [-0.4, -0.2) is 38.8 Å². The summed E-state index contributed by atoms with van der Waals surface area (Å²) in [6.07, 6.45) is 1.65. The number of nitrogens with zero attached hydrogens (tertiary/aromatic N) is 1. The van der Waals surface area contributed by atoms with Gasteiger partial charge in [0.25, 0.3) is 5.91 Å². The number of pyridine rings is 1. The van der Waals surface area contributed by atoms with Crippen LogP contribution in [0.5, 0.6) is 23.0 Å². The number of methoxy groups -OCH3 is 3. The molecule has 7 nitrogen and oxygen atoms in total. The van der Waals surface area contributed by atoms with Crippen LogP contribution >= 0.6 is 11.6 Å². The second kappa shape index (κ2) is 9.34. The molecule has 1 heterocycles. The first-order chi connectivity index (χ1) is 14.1. The minimum absolute atomic E-state index is 0.155. The number of aromatic nitrogens is 1. The highest BCUT2D eigenvalue weighted by atomic mass is 35.5. The van der Waals surface area contributed by atoms with Crippen molar-refractivity contribution in [2.45, 2.75) is 6.54 Å². The Balaban J connectivity index is 1.65. The molecule has 0 saturated heterocycles. The zero-order valence-corrected chi connectivity index (χ0v) is 17.1. The molecule has 1 N–H and O–H groups in total. The summed E-state index contributed by atoms with van der Waals surface area (Å²) in [4.78, 5) is 16.5. The molecule has 3 rings (SSSR count). The van der Waals surface area contributed by atoms with E-state index in [0.29, 0.717) is 33.5 Å². The SMILES string of the molecule is COc1cc(CNC(=O)COc2ccc(Cl)c3cccnc23)cc(OC)c1OC. The van der Waals surface area contributed by atoms with Gasteiger partial charge >= 0.3 is 0 Å². The molecule has 0 fully saturated rings. The summed E-state index contributed by atoms with van der Waals surface area (Å²) in [6.45, 7) is 0.121. The van der Waals surface area contributed by atoms with Crippen molar-refractivity contribution in [3.8, 4) is 23.0 Å². The average molecular weight is 417 g/mol. The molecule has 0 spiro atoms. The molecule has 0 radical (unpaired) electrons. The number of hydrogen-bond donors (Lipinski definition) is 1. The zero-order chi connectivity index (χ0) is 20.8. The van der Waals surface area contributed by atoms with Gasteiger partial charge in [-0.25, -0.2) is 0 Å². The van der Waals surface area contributed by atoms with E-state index in [4.69, 9.17) is 30.5 Å². The zero-order valence-electron chi connectivity index (χ0n) is 16.3. The summed E-state index contributed by atoms with van der Waals surface area (Å²) < 4.78 is 21.6. The maximum atomic E-state index is 12.3. The smallest absolute Gasteiger partial charge is 0.258 e. The molecular formula is C21H21ClN2O5. The Morgan fingerprint density at radius 1 is 1.03 bits per heavy atom. The molecule has 0 saturated carbocycles. The van der Waals surface area contributed by atoms with Crippen molar-refractivity contribution in [3.63, 3.8) is 0 Å². The molecule has 1 amide bonds. The number of fused-ring (bicyclic) bond motifs is 1. The molecule has 0 unspecified atom stereocenters. The van der Waals surface area contributed by atoms with Gasteiger partial charge in [0.1, 0.15) is 11.3 Å². The van der Waals surface area contributed by atoms with E-state index in [9.17, 15) is 4.79 Å². The fourth-order valence-electron chi connectivity index (χ4n) is 2.86. The summed E-state index contributed by atoms with van der Waals surface area (Å²) in [7, 11) is 4.62. The van der Waals surface area contributed by atoms with Gasteiger partial charge in [0.05, 0.1) is 26.4 Å². The van der Waals surface area contributed by atoms with E-state index in [0.717, 1.165) is 10.9 Å². The number of rotatable bonds is 8. The third-order valence-electron chi connectivity index (χ3n) is 4.25. The molecule has 2 aromatic carbocycles. The van der Waals surface area contributed by atoms with E-state index in [-0.39, 0.29) is 19.1 Å². The first-order valence-corrected chi connectivity index (χ1v) is 9.16. The Morgan fingerprint density at radius 3 is 2.41 bits per heavy atom. The number of benzene rings is 2. The van der Waals surface area contributed by atoms with Crippen LogP contribution in [-0.2, 0) is 11.3 Å². The van der Waals surface area contributed by atoms with Gasteiger partial charge in [0.2, 0.25) is 5.75 Å². The van der Waals surface area contributed by atoms with Crippen LogP contribution in [0.3, 0.4) is 0 Å². The molecule has 0 aliphatic heterocycles. The number of hydrogen-bond acceptors (Lipinski definition) is 6. The molecule has 29 heavy (non-hydrogen) atoms. The quantitative estimate of drug-likeness (QED) is 0.604. The van der Waals surface area contributed by atoms with Gasteiger partial charge in [-0.1, -0.05) is 11.6 Å². The predicted octanol–water partition coefficient (Wildman–Crippen LogP) is 3.61. The van der Waals surface area contributed by atoms with E-state index in [1.807, 2.05) is 6.07 Å². The summed E-state index contributed by atoms with van der Waals surface area (Å²) in [5.41, 5.74) is 1.41. The van der Waals surface area contributed by atoms with Crippen LogP contribution in [0.2, 0.25) is 5.02 Å². The topological polar surface area (TPSA) is 78.9 Å². The lowest BCUT2D eigenvalue weighted by molar-refractivity contribution is -0.123. The van der Waals surface area contributed by atoms with Crippen LogP contribution in [0.25, 0.3) is 10.9 Å². The first kappa shape index (κ1) is 20.5. The largest absolute Gasteiger partial charge is 0.493 e. The lowest BCUT2D eigenvalue weighted by Crippen LogP contribution is -2.28. The fraction of sp³-hybridized carbons (Fsp3) is 0.238. The van der Waals surface area contributed by atoms with Gasteiger partial charge in [-0.05, 0) is 42.0 Å². The number of nitrogens with one attached hydrogen (secondary N) is 1. The normalized spacial score (nSPS) is 10.5. The Bertz CT molecular complexity index is 1000. The minimum Gasteiger partial charge on any atom is -0.493 e. The predicted molar refractivity (Wildman–Crippen MR) is 110 cm³/mol. The monoisotopic (exact) mass is 416 g/mol. The van der Waals surface area contributed by atoms with E-state index < -0.39 is 0 Å². The van der Waals surface area contributed by atoms with Crippen molar-refractivity contribution < 1.29 is 23.7 Å². The standard InChI is InChI=1S/C21H21ClN2O5/c1-26-17-9-13(10-18(27-2)21(17)28-3)11-24-19(25)12-29-16-7-6-15(22)14-5-4-8-23-20(14)16/h4-10H,11-12H2,1-3H3,(H,24,25). The Kier molecular flexibility index (Phi) is 6.61. The van der Waals surface area contributed by atoms with E-state index in [1.165, 1.54) is 21.3 Å². The summed E-state index contributed by atoms with van der Waals surface area (Å²) in [6, 6.07) is 10.6. The summed E-state index contributed by atoms with van der Waals surface area (Å²) >= 11 is 6.18. The maximum absolute atomic E-state index is 12.3. The van der Waals surface area contributed by atoms with E-state index >= 15 is 0 Å². The molecular weight excluding hydrogens is 396 g/mol. The highest BCUT2D eigenvalue weighted by molar-refractivity contribution is 6.35. The van der Waals surface area contributed by atoms with Crippen LogP contribution in [0.1, 0.15) is 5.56 Å². The van der Waals surface area contributed by atoms with Crippen molar-refractivity contribution in [2.75, 3.05) is 27.9 Å². The molecule has 8 heteroatoms. The van der Waals surface area contributed by atoms with Gasteiger partial charge < -0.3 is 24.3 Å². The third kappa shape index (κ3) is 4.63. The van der Waals surface area contributed by atoms with Crippen molar-refractivity contribution in [2.24, 2.45) is 0 Å². The lowest BCUT2D eigenvalue weighted by atomic mass is 10.1. The van der Waals surface area contributed by atoms with Gasteiger partial charge in [-0.3, -0.25) is 9.78 Å². The molecule has 152 valence electrons. The average Bonchev–Trinajstić information content (AvgIpc) is 2.76. The highest BCUT2D eigenvalue weighted by Crippen LogP contribution is 2.38. The second-order valence-corrected chi connectivity index (χ2v) is 6.45. The maximum Gasteiger partial charge on any atom is 0.258 e. The number of ether oxygens (including phenoxy) is 4. The number of halogens is 1. The van der Waals surface area contributed by atoms with Gasteiger partial charge in [0, 0.05) is 18.1 Å². The number of carbonyl (C=O) groups is 1. The van der Waals surface area contributed by atoms with Gasteiger partial charge in [-0.2, -0.15) is 0 Å². The minimum atomic E-state index is -0.280. The van der Waals surface area contributed by atoms with Crippen LogP contribution in [0.4, 0.5) is 0 Å². The molecule has 3 aromatic rings. The van der Waals surface area contributed by atoms with Crippen molar-refractivity contribution in [1.82, 2.24) is 10.3 Å². The molecule has 0 atom stereocenters.